The van der Waals surface area contributed by atoms with Gasteiger partial charge in [-0.3, -0.25) is 0 Å². The fourth-order valence-electron chi connectivity index (χ4n) is 2.73. The number of hydrogen-bond acceptors (Lipinski definition) is 4. The first-order chi connectivity index (χ1) is 10.4. The van der Waals surface area contributed by atoms with E-state index in [4.69, 9.17) is 10.4 Å². The molecule has 22 heavy (non-hydrogen) atoms. The number of nitrogens with one attached hydrogen (secondary N) is 3. The van der Waals surface area contributed by atoms with Gasteiger partial charge in [0.05, 0.1) is 0 Å². The number of aromatic nitrogens is 1. The summed E-state index contributed by atoms with van der Waals surface area (Å²) >= 11 is 0. The predicted octanol–water partition coefficient (Wildman–Crippen LogP) is 2.75. The van der Waals surface area contributed by atoms with Gasteiger partial charge in [0.15, 0.2) is 0 Å². The average Bonchev–Trinajstić information content (AvgIpc) is 2.49. The van der Waals surface area contributed by atoms with Crippen LogP contribution in [0.5, 0.6) is 0 Å². The van der Waals surface area contributed by atoms with Crippen LogP contribution in [0.15, 0.2) is 30.5 Å². The van der Waals surface area contributed by atoms with Gasteiger partial charge in [-0.15, -0.1) is 0 Å². The molecular weight excluding hydrogens is 291 g/mol. The first-order valence-electron chi connectivity index (χ1n) is 7.42. The van der Waals surface area contributed by atoms with Crippen molar-refractivity contribution in [2.24, 2.45) is 0 Å². The number of allylic oxidation sites excluding steroid dienone is 1. The third kappa shape index (κ3) is 3.12. The average molecular weight is 316 g/mol. The topological polar surface area (TPSA) is 60.8 Å². The van der Waals surface area contributed by atoms with Crippen molar-refractivity contribution >= 4 is 40.9 Å². The zero-order valence-corrected chi connectivity index (χ0v) is 14.9. The van der Waals surface area contributed by atoms with Crippen LogP contribution < -0.4 is 15.9 Å². The van der Waals surface area contributed by atoms with Crippen molar-refractivity contribution in [1.82, 2.24) is 10.3 Å². The van der Waals surface area contributed by atoms with Crippen LogP contribution in [0.1, 0.15) is 5.69 Å². The summed E-state index contributed by atoms with van der Waals surface area (Å²) in [5.74, 6) is 0. The molecule has 0 saturated carbocycles. The molecule has 0 saturated heterocycles. The van der Waals surface area contributed by atoms with Gasteiger partial charge in [0.2, 0.25) is 0 Å². The Labute approximate surface area is 132 Å². The molecule has 118 valence electrons. The fourth-order valence-corrected chi connectivity index (χ4v) is 4.76. The van der Waals surface area contributed by atoms with Gasteiger partial charge >= 0.3 is 132 Å². The molecular formula is C17H25N4P. The van der Waals surface area contributed by atoms with Crippen molar-refractivity contribution in [1.29, 1.82) is 5.41 Å². The van der Waals surface area contributed by atoms with Gasteiger partial charge in [-0.1, -0.05) is 0 Å². The maximum absolute atomic E-state index is 7.54. The van der Waals surface area contributed by atoms with Crippen LogP contribution in [0.2, 0.25) is 0 Å². The number of fused-ring (bicyclic) bond motifs is 1. The zero-order chi connectivity index (χ0) is 16.3. The molecule has 2 rings (SSSR count). The molecule has 0 radical (unpaired) electrons. The molecule has 0 aliphatic heterocycles. The van der Waals surface area contributed by atoms with E-state index in [2.05, 4.69) is 48.8 Å². The van der Waals surface area contributed by atoms with Crippen molar-refractivity contribution in [3.05, 3.63) is 36.2 Å². The van der Waals surface area contributed by atoms with Gasteiger partial charge in [0, 0.05) is 0 Å². The van der Waals surface area contributed by atoms with E-state index in [0.29, 0.717) is 0 Å². The third-order valence-electron chi connectivity index (χ3n) is 3.64. The third-order valence-corrected chi connectivity index (χ3v) is 5.68. The summed E-state index contributed by atoms with van der Waals surface area (Å²) in [4.78, 5) is 4.75. The molecule has 0 amide bonds. The second kappa shape index (κ2) is 6.45. The summed E-state index contributed by atoms with van der Waals surface area (Å²) in [6.07, 6.45) is 3.12. The fraction of sp³-hybridized carbons (Fsp3) is 0.294. The Morgan fingerprint density at radius 3 is 2.41 bits per heavy atom. The molecule has 0 fully saturated rings. The van der Waals surface area contributed by atoms with E-state index in [1.54, 1.807) is 6.20 Å². The van der Waals surface area contributed by atoms with Crippen LogP contribution in [-0.2, 0) is 0 Å². The summed E-state index contributed by atoms with van der Waals surface area (Å²) in [5, 5.41) is 16.4. The second-order valence-electron chi connectivity index (χ2n) is 6.28. The van der Waals surface area contributed by atoms with E-state index in [9.17, 15) is 0 Å². The molecule has 1 heterocycles. The Bertz CT molecular complexity index is 729. The van der Waals surface area contributed by atoms with Crippen molar-refractivity contribution in [3.8, 4) is 0 Å². The van der Waals surface area contributed by atoms with Gasteiger partial charge in [-0.2, -0.15) is 0 Å². The van der Waals surface area contributed by atoms with E-state index >= 15 is 0 Å². The molecule has 0 aliphatic carbocycles. The van der Waals surface area contributed by atoms with Crippen molar-refractivity contribution in [2.45, 2.75) is 0 Å². The number of nitrogens with zero attached hydrogens (tertiary/aromatic N) is 1. The normalized spacial score (nSPS) is 13.0. The molecule has 2 aromatic rings. The van der Waals surface area contributed by atoms with Crippen LogP contribution in [0.25, 0.3) is 16.5 Å². The minimum atomic E-state index is -1.51. The summed E-state index contributed by atoms with van der Waals surface area (Å²) in [7, 11) is 2.29. The summed E-state index contributed by atoms with van der Waals surface area (Å²) in [6, 6.07) is 8.30. The molecule has 1 aromatic heterocycles. The van der Waals surface area contributed by atoms with Crippen LogP contribution >= 0.6 is 7.26 Å². The zero-order valence-electron chi connectivity index (χ0n) is 13.9. The van der Waals surface area contributed by atoms with Gasteiger partial charge in [-0.05, 0) is 0 Å². The molecule has 1 aromatic carbocycles. The summed E-state index contributed by atoms with van der Waals surface area (Å²) < 4.78 is 0. The summed E-state index contributed by atoms with van der Waals surface area (Å²) in [6.45, 7) is 7.04. The first kappa shape index (κ1) is 16.4. The first-order valence-corrected chi connectivity index (χ1v) is 10.9. The molecule has 0 atom stereocenters. The number of rotatable bonds is 5. The number of pyridine rings is 1. The van der Waals surface area contributed by atoms with Crippen LogP contribution in [-0.4, -0.2) is 45.3 Å². The summed E-state index contributed by atoms with van der Waals surface area (Å²) in [5.41, 5.74) is 3.77. The van der Waals surface area contributed by atoms with E-state index in [1.807, 2.05) is 20.2 Å². The van der Waals surface area contributed by atoms with E-state index in [-0.39, 0.29) is 0 Å². The number of hydrogen-bond donors (Lipinski definition) is 3. The SMILES string of the molecule is CN/C=C(\C=N)c1ccc2c([PH](C)(C)C)c(NC)ccc2n1. The molecule has 0 aliphatic rings. The Hall–Kier alpha value is -1.93. The Kier molecular flexibility index (Phi) is 4.82. The second-order valence-corrected chi connectivity index (χ2v) is 11.3. The molecule has 3 N–H and O–H groups in total. The minimum absolute atomic E-state index is 0.775. The number of anilines is 1. The van der Waals surface area contributed by atoms with Gasteiger partial charge in [-0.25, -0.2) is 0 Å². The molecule has 0 spiro atoms. The standard InChI is InChI=1S/C17H25N4P/c1-19-11-12(10-18)14-7-6-13-15(21-14)8-9-16(20-2)17(13)22(3,4)5/h6-11,18-20,22H,1-5H3/b12-11+,18-10?. The Balaban J connectivity index is 2.71. The van der Waals surface area contributed by atoms with Crippen molar-refractivity contribution in [2.75, 3.05) is 39.4 Å². The van der Waals surface area contributed by atoms with Gasteiger partial charge in [0.25, 0.3) is 0 Å². The Morgan fingerprint density at radius 2 is 1.86 bits per heavy atom. The van der Waals surface area contributed by atoms with Crippen molar-refractivity contribution in [3.63, 3.8) is 0 Å². The molecule has 0 unspecified atom stereocenters. The van der Waals surface area contributed by atoms with E-state index in [0.717, 1.165) is 16.8 Å². The number of benzene rings is 1. The Morgan fingerprint density at radius 1 is 1.14 bits per heavy atom. The predicted molar refractivity (Wildman–Crippen MR) is 103 cm³/mol. The monoisotopic (exact) mass is 316 g/mol. The van der Waals surface area contributed by atoms with E-state index < -0.39 is 7.26 Å². The quantitative estimate of drug-likeness (QED) is 0.587. The van der Waals surface area contributed by atoms with Crippen molar-refractivity contribution < 1.29 is 0 Å². The van der Waals surface area contributed by atoms with E-state index in [1.165, 1.54) is 22.6 Å². The molecule has 4 nitrogen and oxygen atoms in total. The van der Waals surface area contributed by atoms with Crippen LogP contribution in [0.4, 0.5) is 5.69 Å². The maximum atomic E-state index is 7.54. The van der Waals surface area contributed by atoms with Crippen LogP contribution in [0, 0.1) is 5.41 Å². The van der Waals surface area contributed by atoms with Gasteiger partial charge < -0.3 is 0 Å². The molecule has 5 heteroatoms. The van der Waals surface area contributed by atoms with Gasteiger partial charge in [0.1, 0.15) is 0 Å². The molecule has 0 bridgehead atoms. The van der Waals surface area contributed by atoms with Crippen LogP contribution in [0.3, 0.4) is 0 Å².